The Balaban J connectivity index is 1.38. The molecule has 3 fully saturated rings. The van der Waals surface area contributed by atoms with Crippen molar-refractivity contribution in [3.8, 4) is 0 Å². The molecule has 1 aliphatic carbocycles. The summed E-state index contributed by atoms with van der Waals surface area (Å²) in [7, 11) is 0. The molecule has 3 heteroatoms. The van der Waals surface area contributed by atoms with Crippen LogP contribution in [0, 0.1) is 5.92 Å². The summed E-state index contributed by atoms with van der Waals surface area (Å²) >= 11 is 0. The normalized spacial score (nSPS) is 33.4. The van der Waals surface area contributed by atoms with Crippen LogP contribution in [0.4, 0.5) is 0 Å². The average molecular weight is 224 g/mol. The van der Waals surface area contributed by atoms with Crippen LogP contribution in [-0.2, 0) is 4.74 Å². The first-order chi connectivity index (χ1) is 7.90. The number of rotatable bonds is 4. The van der Waals surface area contributed by atoms with E-state index in [0.717, 1.165) is 31.2 Å². The molecule has 0 amide bonds. The van der Waals surface area contributed by atoms with Crippen LogP contribution in [0.15, 0.2) is 0 Å². The van der Waals surface area contributed by atoms with Crippen molar-refractivity contribution in [2.24, 2.45) is 5.92 Å². The van der Waals surface area contributed by atoms with Crippen molar-refractivity contribution in [1.29, 1.82) is 0 Å². The number of hydrogen-bond donors (Lipinski definition) is 1. The molecule has 0 radical (unpaired) electrons. The van der Waals surface area contributed by atoms with Gasteiger partial charge < -0.3 is 15.0 Å². The molecule has 1 atom stereocenters. The summed E-state index contributed by atoms with van der Waals surface area (Å²) in [6.07, 6.45) is 6.73. The molecule has 16 heavy (non-hydrogen) atoms. The van der Waals surface area contributed by atoms with E-state index in [-0.39, 0.29) is 0 Å². The SMILES string of the molecule is C1CC(N[C@H]2CCN(CC3CC3)C2)CCO1. The largest absolute Gasteiger partial charge is 0.381 e. The van der Waals surface area contributed by atoms with Gasteiger partial charge in [-0.3, -0.25) is 0 Å². The second-order valence-corrected chi connectivity index (χ2v) is 5.74. The fourth-order valence-corrected chi connectivity index (χ4v) is 3.00. The van der Waals surface area contributed by atoms with Crippen LogP contribution >= 0.6 is 0 Å². The minimum Gasteiger partial charge on any atom is -0.381 e. The lowest BCUT2D eigenvalue weighted by molar-refractivity contribution is 0.0751. The van der Waals surface area contributed by atoms with Gasteiger partial charge in [0.15, 0.2) is 0 Å². The molecule has 3 aliphatic rings. The maximum atomic E-state index is 5.40. The highest BCUT2D eigenvalue weighted by molar-refractivity contribution is 4.87. The Bertz CT molecular complexity index is 224. The molecule has 1 saturated carbocycles. The van der Waals surface area contributed by atoms with Crippen LogP contribution in [0.5, 0.6) is 0 Å². The second-order valence-electron chi connectivity index (χ2n) is 5.74. The van der Waals surface area contributed by atoms with Crippen molar-refractivity contribution in [3.05, 3.63) is 0 Å². The Labute approximate surface area is 98.5 Å². The summed E-state index contributed by atoms with van der Waals surface area (Å²) < 4.78 is 5.40. The van der Waals surface area contributed by atoms with Crippen LogP contribution < -0.4 is 5.32 Å². The van der Waals surface area contributed by atoms with E-state index in [9.17, 15) is 0 Å². The van der Waals surface area contributed by atoms with E-state index in [0.29, 0.717) is 0 Å². The molecule has 3 rings (SSSR count). The quantitative estimate of drug-likeness (QED) is 0.777. The van der Waals surface area contributed by atoms with E-state index in [1.807, 2.05) is 0 Å². The summed E-state index contributed by atoms with van der Waals surface area (Å²) in [4.78, 5) is 2.66. The lowest BCUT2D eigenvalue weighted by Crippen LogP contribution is -2.43. The molecule has 0 unspecified atom stereocenters. The molecule has 0 aromatic heterocycles. The Morgan fingerprint density at radius 3 is 2.56 bits per heavy atom. The third kappa shape index (κ3) is 2.96. The van der Waals surface area contributed by atoms with E-state index < -0.39 is 0 Å². The van der Waals surface area contributed by atoms with Crippen molar-refractivity contribution in [2.45, 2.75) is 44.2 Å². The fraction of sp³-hybridized carbons (Fsp3) is 1.00. The van der Waals surface area contributed by atoms with Gasteiger partial charge in [-0.1, -0.05) is 0 Å². The van der Waals surface area contributed by atoms with Crippen LogP contribution in [0.25, 0.3) is 0 Å². The molecular weight excluding hydrogens is 200 g/mol. The molecule has 92 valence electrons. The summed E-state index contributed by atoms with van der Waals surface area (Å²) in [6.45, 7) is 5.88. The number of likely N-dealkylation sites (tertiary alicyclic amines) is 1. The number of nitrogens with one attached hydrogen (secondary N) is 1. The minimum absolute atomic E-state index is 0.722. The molecular formula is C13H24N2O. The van der Waals surface area contributed by atoms with Crippen LogP contribution in [0.1, 0.15) is 32.1 Å². The summed E-state index contributed by atoms with van der Waals surface area (Å²) in [5.74, 6) is 1.04. The van der Waals surface area contributed by atoms with Gasteiger partial charge >= 0.3 is 0 Å². The van der Waals surface area contributed by atoms with Crippen molar-refractivity contribution in [3.63, 3.8) is 0 Å². The summed E-state index contributed by atoms with van der Waals surface area (Å²) in [6, 6.07) is 1.47. The first-order valence-electron chi connectivity index (χ1n) is 6.96. The van der Waals surface area contributed by atoms with E-state index >= 15 is 0 Å². The van der Waals surface area contributed by atoms with Gasteiger partial charge in [-0.25, -0.2) is 0 Å². The first-order valence-corrected chi connectivity index (χ1v) is 6.96. The first kappa shape index (κ1) is 11.0. The zero-order valence-corrected chi connectivity index (χ0v) is 10.2. The number of nitrogens with zero attached hydrogens (tertiary/aromatic N) is 1. The molecule has 2 saturated heterocycles. The second kappa shape index (κ2) is 5.03. The lowest BCUT2D eigenvalue weighted by atomic mass is 10.1. The van der Waals surface area contributed by atoms with E-state index in [2.05, 4.69) is 10.2 Å². The molecule has 0 aromatic carbocycles. The zero-order valence-electron chi connectivity index (χ0n) is 10.2. The summed E-state index contributed by atoms with van der Waals surface area (Å²) in [5.41, 5.74) is 0. The van der Waals surface area contributed by atoms with Gasteiger partial charge in [-0.05, 0) is 44.6 Å². The van der Waals surface area contributed by atoms with Crippen LogP contribution in [0.3, 0.4) is 0 Å². The summed E-state index contributed by atoms with van der Waals surface area (Å²) in [5, 5.41) is 3.82. The average Bonchev–Trinajstić information content (AvgIpc) is 3.01. The van der Waals surface area contributed by atoms with Gasteiger partial charge in [0.2, 0.25) is 0 Å². The van der Waals surface area contributed by atoms with Gasteiger partial charge in [-0.15, -0.1) is 0 Å². The maximum Gasteiger partial charge on any atom is 0.0480 e. The maximum absolute atomic E-state index is 5.40. The minimum atomic E-state index is 0.722. The Kier molecular flexibility index (Phi) is 3.46. The molecule has 0 aromatic rings. The Morgan fingerprint density at radius 1 is 1.00 bits per heavy atom. The van der Waals surface area contributed by atoms with Gasteiger partial charge in [0.25, 0.3) is 0 Å². The van der Waals surface area contributed by atoms with Crippen molar-refractivity contribution in [1.82, 2.24) is 10.2 Å². The molecule has 1 N–H and O–H groups in total. The third-order valence-corrected chi connectivity index (χ3v) is 4.18. The zero-order chi connectivity index (χ0) is 10.8. The smallest absolute Gasteiger partial charge is 0.0480 e. The molecule has 2 aliphatic heterocycles. The highest BCUT2D eigenvalue weighted by Gasteiger charge is 2.30. The number of ether oxygens (including phenoxy) is 1. The van der Waals surface area contributed by atoms with Gasteiger partial charge in [0.1, 0.15) is 0 Å². The van der Waals surface area contributed by atoms with Gasteiger partial charge in [-0.2, -0.15) is 0 Å². The van der Waals surface area contributed by atoms with Crippen molar-refractivity contribution < 1.29 is 4.74 Å². The van der Waals surface area contributed by atoms with Crippen LogP contribution in [-0.4, -0.2) is 49.8 Å². The molecule has 2 heterocycles. The van der Waals surface area contributed by atoms with E-state index in [1.165, 1.54) is 51.7 Å². The highest BCUT2D eigenvalue weighted by Crippen LogP contribution is 2.30. The van der Waals surface area contributed by atoms with Crippen molar-refractivity contribution >= 4 is 0 Å². The predicted octanol–water partition coefficient (Wildman–Crippen LogP) is 1.24. The predicted molar refractivity (Wildman–Crippen MR) is 64.5 cm³/mol. The molecule has 3 nitrogen and oxygen atoms in total. The topological polar surface area (TPSA) is 24.5 Å². The molecule has 0 spiro atoms. The van der Waals surface area contributed by atoms with E-state index in [1.54, 1.807) is 0 Å². The van der Waals surface area contributed by atoms with E-state index in [4.69, 9.17) is 4.74 Å². The monoisotopic (exact) mass is 224 g/mol. The van der Waals surface area contributed by atoms with Crippen molar-refractivity contribution in [2.75, 3.05) is 32.8 Å². The number of hydrogen-bond acceptors (Lipinski definition) is 3. The van der Waals surface area contributed by atoms with Crippen LogP contribution in [0.2, 0.25) is 0 Å². The Morgan fingerprint density at radius 2 is 1.81 bits per heavy atom. The highest BCUT2D eigenvalue weighted by atomic mass is 16.5. The van der Waals surface area contributed by atoms with Gasteiger partial charge in [0, 0.05) is 38.4 Å². The third-order valence-electron chi connectivity index (χ3n) is 4.18. The Hall–Kier alpha value is -0.120. The lowest BCUT2D eigenvalue weighted by Gasteiger charge is -2.26. The molecule has 0 bridgehead atoms. The standard InChI is InChI=1S/C13H24N2O/c1-2-11(1)9-15-6-3-13(10-15)14-12-4-7-16-8-5-12/h11-14H,1-10H2/t13-/m0/s1. The van der Waals surface area contributed by atoms with Gasteiger partial charge in [0.05, 0.1) is 0 Å². The fourth-order valence-electron chi connectivity index (χ4n) is 3.00.